The first-order valence-corrected chi connectivity index (χ1v) is 8.69. The van der Waals surface area contributed by atoms with Gasteiger partial charge in [-0.2, -0.15) is 5.10 Å². The van der Waals surface area contributed by atoms with Crippen molar-refractivity contribution in [3.05, 3.63) is 11.9 Å². The number of hydrogen-bond acceptors (Lipinski definition) is 4. The summed E-state index contributed by atoms with van der Waals surface area (Å²) in [5.41, 5.74) is 0.571. The van der Waals surface area contributed by atoms with E-state index in [1.807, 2.05) is 0 Å². The molecule has 2 rings (SSSR count). The van der Waals surface area contributed by atoms with Gasteiger partial charge in [0.05, 0.1) is 11.9 Å². The van der Waals surface area contributed by atoms with Crippen LogP contribution in [-0.2, 0) is 10.0 Å². The molecule has 1 aromatic heterocycles. The zero-order valence-corrected chi connectivity index (χ0v) is 13.0. The minimum Gasteiger partial charge on any atom is -0.303 e. The molecule has 1 aliphatic rings. The number of likely N-dealkylation sites (tertiary alicyclic amines) is 1. The Morgan fingerprint density at radius 2 is 2.10 bits per heavy atom. The highest BCUT2D eigenvalue weighted by Crippen LogP contribution is 2.13. The summed E-state index contributed by atoms with van der Waals surface area (Å²) in [7, 11) is -3.45. The highest BCUT2D eigenvalue weighted by Gasteiger charge is 2.20. The monoisotopic (exact) mass is 300 g/mol. The number of aromatic nitrogens is 2. The molecule has 0 aromatic carbocycles. The molecule has 0 bridgehead atoms. The lowest BCUT2D eigenvalue weighted by molar-refractivity contribution is 0.201. The Labute approximate surface area is 121 Å². The van der Waals surface area contributed by atoms with Crippen LogP contribution in [0.4, 0.5) is 0 Å². The second kappa shape index (κ2) is 6.69. The van der Waals surface area contributed by atoms with Crippen molar-refractivity contribution in [2.45, 2.75) is 38.0 Å². The fourth-order valence-corrected chi connectivity index (χ4v) is 3.89. The average Bonchev–Trinajstić information content (AvgIpc) is 2.85. The summed E-state index contributed by atoms with van der Waals surface area (Å²) in [6.45, 7) is 7.48. The molecule has 1 saturated heterocycles. The second-order valence-corrected chi connectivity index (χ2v) is 7.41. The summed E-state index contributed by atoms with van der Waals surface area (Å²) in [5, 5.41) is 6.41. The molecule has 0 saturated carbocycles. The second-order valence-electron chi connectivity index (χ2n) is 5.68. The van der Waals surface area contributed by atoms with E-state index in [1.165, 1.54) is 25.5 Å². The molecular formula is C13H24N4O2S. The van der Waals surface area contributed by atoms with Gasteiger partial charge in [-0.1, -0.05) is 13.3 Å². The number of aromatic amines is 1. The maximum Gasteiger partial charge on any atom is 0.243 e. The standard InChI is InChI=1S/C13H24N4O2S/c1-11(10-17-6-4-3-5-7-17)8-15-20(18,19)13-9-14-16-12(13)2/h9,11,15H,3-8,10H2,1-2H3,(H,14,16). The Hall–Kier alpha value is -0.920. The number of hydrogen-bond donors (Lipinski definition) is 2. The predicted molar refractivity (Wildman–Crippen MR) is 78.0 cm³/mol. The molecule has 2 heterocycles. The van der Waals surface area contributed by atoms with Crippen molar-refractivity contribution in [1.82, 2.24) is 19.8 Å². The Bertz CT molecular complexity index is 520. The van der Waals surface area contributed by atoms with Gasteiger partial charge in [0, 0.05) is 13.1 Å². The van der Waals surface area contributed by atoms with Crippen LogP contribution in [0.5, 0.6) is 0 Å². The number of H-pyrrole nitrogens is 1. The van der Waals surface area contributed by atoms with Crippen LogP contribution in [0.1, 0.15) is 31.9 Å². The fourth-order valence-electron chi connectivity index (χ4n) is 2.59. The highest BCUT2D eigenvalue weighted by molar-refractivity contribution is 7.89. The van der Waals surface area contributed by atoms with E-state index in [2.05, 4.69) is 26.7 Å². The first-order valence-electron chi connectivity index (χ1n) is 7.21. The third-order valence-corrected chi connectivity index (χ3v) is 5.25. The van der Waals surface area contributed by atoms with Gasteiger partial charge in [-0.3, -0.25) is 5.10 Å². The maximum atomic E-state index is 12.1. The molecule has 1 aliphatic heterocycles. The molecule has 6 nitrogen and oxygen atoms in total. The lowest BCUT2D eigenvalue weighted by atomic mass is 10.1. The van der Waals surface area contributed by atoms with E-state index in [4.69, 9.17) is 0 Å². The van der Waals surface area contributed by atoms with Crippen molar-refractivity contribution in [3.63, 3.8) is 0 Å². The van der Waals surface area contributed by atoms with E-state index in [1.54, 1.807) is 6.92 Å². The number of nitrogens with zero attached hydrogens (tertiary/aromatic N) is 2. The van der Waals surface area contributed by atoms with Crippen LogP contribution in [0.15, 0.2) is 11.1 Å². The van der Waals surface area contributed by atoms with Crippen molar-refractivity contribution < 1.29 is 8.42 Å². The van der Waals surface area contributed by atoms with Crippen LogP contribution in [0.25, 0.3) is 0 Å². The molecule has 0 amide bonds. The largest absolute Gasteiger partial charge is 0.303 e. The van der Waals surface area contributed by atoms with Crippen LogP contribution in [0, 0.1) is 12.8 Å². The molecule has 2 N–H and O–H groups in total. The Kier molecular flexibility index (Phi) is 5.17. The lowest BCUT2D eigenvalue weighted by Crippen LogP contribution is -2.38. The first kappa shape index (κ1) is 15.5. The minimum atomic E-state index is -3.45. The number of piperidine rings is 1. The van der Waals surface area contributed by atoms with Crippen molar-refractivity contribution in [2.75, 3.05) is 26.2 Å². The van der Waals surface area contributed by atoms with Crippen LogP contribution in [-0.4, -0.2) is 49.7 Å². The van der Waals surface area contributed by atoms with Gasteiger partial charge in [0.15, 0.2) is 0 Å². The quantitative estimate of drug-likeness (QED) is 0.825. The minimum absolute atomic E-state index is 0.239. The van der Waals surface area contributed by atoms with E-state index in [9.17, 15) is 8.42 Å². The average molecular weight is 300 g/mol. The molecule has 1 atom stereocenters. The van der Waals surface area contributed by atoms with Gasteiger partial charge in [0.1, 0.15) is 4.90 Å². The molecule has 0 spiro atoms. The Morgan fingerprint density at radius 3 is 2.70 bits per heavy atom. The van der Waals surface area contributed by atoms with E-state index in [0.717, 1.165) is 19.6 Å². The van der Waals surface area contributed by atoms with Gasteiger partial charge in [0.2, 0.25) is 10.0 Å². The summed E-state index contributed by atoms with van der Waals surface area (Å²) in [6, 6.07) is 0. The first-order chi connectivity index (χ1) is 9.49. The van der Waals surface area contributed by atoms with Gasteiger partial charge in [0.25, 0.3) is 0 Å². The zero-order valence-electron chi connectivity index (χ0n) is 12.2. The molecule has 1 aromatic rings. The third kappa shape index (κ3) is 4.04. The topological polar surface area (TPSA) is 78.1 Å². The van der Waals surface area contributed by atoms with Gasteiger partial charge in [-0.15, -0.1) is 0 Å². The van der Waals surface area contributed by atoms with E-state index >= 15 is 0 Å². The van der Waals surface area contributed by atoms with Crippen LogP contribution >= 0.6 is 0 Å². The maximum absolute atomic E-state index is 12.1. The normalized spacial score (nSPS) is 19.1. The van der Waals surface area contributed by atoms with Crippen LogP contribution < -0.4 is 4.72 Å². The van der Waals surface area contributed by atoms with Crippen molar-refractivity contribution in [1.29, 1.82) is 0 Å². The summed E-state index contributed by atoms with van der Waals surface area (Å²) in [6.07, 6.45) is 5.18. The molecule has 0 aliphatic carbocycles. The molecular weight excluding hydrogens is 276 g/mol. The molecule has 7 heteroatoms. The summed E-state index contributed by atoms with van der Waals surface area (Å²) < 4.78 is 26.9. The number of nitrogens with one attached hydrogen (secondary N) is 2. The van der Waals surface area contributed by atoms with Crippen molar-refractivity contribution in [2.24, 2.45) is 5.92 Å². The number of sulfonamides is 1. The van der Waals surface area contributed by atoms with Crippen LogP contribution in [0.3, 0.4) is 0 Å². The van der Waals surface area contributed by atoms with Crippen LogP contribution in [0.2, 0.25) is 0 Å². The Morgan fingerprint density at radius 1 is 1.40 bits per heavy atom. The fraction of sp³-hybridized carbons (Fsp3) is 0.769. The van der Waals surface area contributed by atoms with E-state index in [-0.39, 0.29) is 4.90 Å². The van der Waals surface area contributed by atoms with Gasteiger partial charge in [-0.05, 0) is 38.8 Å². The van der Waals surface area contributed by atoms with E-state index in [0.29, 0.717) is 18.2 Å². The van der Waals surface area contributed by atoms with E-state index < -0.39 is 10.0 Å². The molecule has 20 heavy (non-hydrogen) atoms. The number of aryl methyl sites for hydroxylation is 1. The predicted octanol–water partition coefficient (Wildman–Crippen LogP) is 1.12. The lowest BCUT2D eigenvalue weighted by Gasteiger charge is -2.29. The smallest absolute Gasteiger partial charge is 0.243 e. The van der Waals surface area contributed by atoms with Crippen molar-refractivity contribution in [3.8, 4) is 0 Å². The summed E-state index contributed by atoms with van der Waals surface area (Å²) >= 11 is 0. The molecule has 1 unspecified atom stereocenters. The third-order valence-electron chi connectivity index (χ3n) is 3.71. The number of rotatable bonds is 6. The SMILES string of the molecule is Cc1[nH]ncc1S(=O)(=O)NCC(C)CN1CCCCC1. The molecule has 0 radical (unpaired) electrons. The van der Waals surface area contributed by atoms with Crippen molar-refractivity contribution >= 4 is 10.0 Å². The molecule has 1 fully saturated rings. The highest BCUT2D eigenvalue weighted by atomic mass is 32.2. The van der Waals surface area contributed by atoms with Gasteiger partial charge in [-0.25, -0.2) is 13.1 Å². The van der Waals surface area contributed by atoms with Gasteiger partial charge >= 0.3 is 0 Å². The zero-order chi connectivity index (χ0) is 14.6. The summed E-state index contributed by atoms with van der Waals surface area (Å²) in [4.78, 5) is 2.66. The Balaban J connectivity index is 1.83. The molecule has 114 valence electrons. The summed E-state index contributed by atoms with van der Waals surface area (Å²) in [5.74, 6) is 0.301. The van der Waals surface area contributed by atoms with Gasteiger partial charge < -0.3 is 4.90 Å².